The normalized spacial score (nSPS) is 34.8. The highest BCUT2D eigenvalue weighted by Gasteiger charge is 2.49. The molecule has 168 valence electrons. The maximum atomic E-state index is 11.3. The van der Waals surface area contributed by atoms with Gasteiger partial charge < -0.3 is 19.7 Å². The fraction of sp³-hybridized carbons (Fsp3) is 0.913. The van der Waals surface area contributed by atoms with Gasteiger partial charge in [0, 0.05) is 13.8 Å². The Hall–Kier alpha value is -1.14. The molecular weight excluding hydrogens is 372 g/mol. The summed E-state index contributed by atoms with van der Waals surface area (Å²) in [5.74, 6) is -0.00836. The summed E-state index contributed by atoms with van der Waals surface area (Å²) in [5, 5.41) is 21.4. The number of rotatable bonds is 8. The Labute approximate surface area is 175 Å². The van der Waals surface area contributed by atoms with E-state index in [2.05, 4.69) is 13.8 Å². The first kappa shape index (κ1) is 24.1. The van der Waals surface area contributed by atoms with Crippen molar-refractivity contribution < 1.29 is 29.3 Å². The molecule has 0 heterocycles. The zero-order chi connectivity index (χ0) is 21.6. The van der Waals surface area contributed by atoms with Gasteiger partial charge in [-0.3, -0.25) is 9.59 Å². The van der Waals surface area contributed by atoms with Gasteiger partial charge in [0.2, 0.25) is 0 Å². The molecule has 0 bridgehead atoms. The average molecular weight is 413 g/mol. The van der Waals surface area contributed by atoms with E-state index in [0.717, 1.165) is 38.5 Å². The third-order valence-electron chi connectivity index (χ3n) is 7.42. The first-order chi connectivity index (χ1) is 13.7. The lowest BCUT2D eigenvalue weighted by molar-refractivity contribution is -0.163. The quantitative estimate of drug-likeness (QED) is 0.590. The molecule has 6 atom stereocenters. The maximum absolute atomic E-state index is 11.3. The van der Waals surface area contributed by atoms with Crippen LogP contribution in [0.2, 0.25) is 0 Å². The molecule has 0 aliphatic heterocycles. The fourth-order valence-electron chi connectivity index (χ4n) is 5.99. The Morgan fingerprint density at radius 2 is 1.31 bits per heavy atom. The highest BCUT2D eigenvalue weighted by molar-refractivity contribution is 5.66. The third-order valence-corrected chi connectivity index (χ3v) is 7.42. The Morgan fingerprint density at radius 3 is 1.62 bits per heavy atom. The van der Waals surface area contributed by atoms with Gasteiger partial charge in [-0.1, -0.05) is 26.7 Å². The van der Waals surface area contributed by atoms with Gasteiger partial charge in [0.25, 0.3) is 0 Å². The lowest BCUT2D eigenvalue weighted by Gasteiger charge is -2.52. The number of carbonyl (C=O) groups excluding carboxylic acids is 2. The molecule has 2 N–H and O–H groups in total. The number of aliphatic hydroxyl groups excluding tert-OH is 2. The molecule has 0 saturated heterocycles. The molecule has 0 aromatic carbocycles. The van der Waals surface area contributed by atoms with Gasteiger partial charge >= 0.3 is 11.9 Å². The smallest absolute Gasteiger partial charge is 0.302 e. The van der Waals surface area contributed by atoms with Crippen LogP contribution in [0.1, 0.15) is 91.9 Å². The van der Waals surface area contributed by atoms with Crippen LogP contribution in [0.3, 0.4) is 0 Å². The van der Waals surface area contributed by atoms with E-state index in [4.69, 9.17) is 9.47 Å². The van der Waals surface area contributed by atoms with E-state index in [1.165, 1.54) is 13.8 Å². The summed E-state index contributed by atoms with van der Waals surface area (Å²) in [6.45, 7) is 7.20. The van der Waals surface area contributed by atoms with E-state index in [0.29, 0.717) is 37.5 Å². The first-order valence-electron chi connectivity index (χ1n) is 11.4. The van der Waals surface area contributed by atoms with Crippen molar-refractivity contribution in [2.24, 2.45) is 17.3 Å². The topological polar surface area (TPSA) is 93.1 Å². The Kier molecular flexibility index (Phi) is 8.95. The Morgan fingerprint density at radius 1 is 0.862 bits per heavy atom. The van der Waals surface area contributed by atoms with Crippen LogP contribution in [0.5, 0.6) is 0 Å². The standard InChI is InChI=1S/C23H40O6/c1-5-7-12-23(6-2,17-8-10-21(19(26)13-17)28-15(3)24)18-9-11-22(20(27)14-18)29-16(4)25/h17-22,26-27H,5-14H2,1-4H3. The molecule has 0 spiro atoms. The van der Waals surface area contributed by atoms with Crippen molar-refractivity contribution in [1.82, 2.24) is 0 Å². The van der Waals surface area contributed by atoms with E-state index < -0.39 is 24.4 Å². The predicted molar refractivity (Wildman–Crippen MR) is 110 cm³/mol. The summed E-state index contributed by atoms with van der Waals surface area (Å²) in [4.78, 5) is 22.7. The van der Waals surface area contributed by atoms with Crippen LogP contribution in [0.25, 0.3) is 0 Å². The molecule has 0 aromatic rings. The van der Waals surface area contributed by atoms with Crippen molar-refractivity contribution in [3.63, 3.8) is 0 Å². The van der Waals surface area contributed by atoms with Gasteiger partial charge in [0.05, 0.1) is 12.2 Å². The fourth-order valence-corrected chi connectivity index (χ4v) is 5.99. The minimum atomic E-state index is -0.632. The summed E-state index contributed by atoms with van der Waals surface area (Å²) in [7, 11) is 0. The lowest BCUT2D eigenvalue weighted by atomic mass is 9.55. The molecule has 2 fully saturated rings. The summed E-state index contributed by atoms with van der Waals surface area (Å²) in [6, 6.07) is 0. The SMILES string of the molecule is CCCCC(CC)(C1CCC(OC(C)=O)C(O)C1)C1CCC(OC(C)=O)C(O)C1. The second kappa shape index (κ2) is 10.8. The van der Waals surface area contributed by atoms with E-state index >= 15 is 0 Å². The van der Waals surface area contributed by atoms with Crippen LogP contribution in [0, 0.1) is 17.3 Å². The van der Waals surface area contributed by atoms with Gasteiger partial charge in [-0.2, -0.15) is 0 Å². The van der Waals surface area contributed by atoms with E-state index in [9.17, 15) is 19.8 Å². The number of carbonyl (C=O) groups is 2. The highest BCUT2D eigenvalue weighted by atomic mass is 16.6. The number of hydrogen-bond acceptors (Lipinski definition) is 6. The molecule has 6 unspecified atom stereocenters. The van der Waals surface area contributed by atoms with Crippen molar-refractivity contribution in [1.29, 1.82) is 0 Å². The van der Waals surface area contributed by atoms with Crippen LogP contribution < -0.4 is 0 Å². The molecule has 6 nitrogen and oxygen atoms in total. The summed E-state index contributed by atoms with van der Waals surface area (Å²) in [6.07, 6.45) is 6.71. The van der Waals surface area contributed by atoms with Crippen molar-refractivity contribution in [3.05, 3.63) is 0 Å². The van der Waals surface area contributed by atoms with Gasteiger partial charge in [-0.25, -0.2) is 0 Å². The maximum Gasteiger partial charge on any atom is 0.302 e. The molecule has 29 heavy (non-hydrogen) atoms. The molecule has 6 heteroatoms. The predicted octanol–water partition coefficient (Wildman–Crippen LogP) is 3.76. The number of hydrogen-bond donors (Lipinski definition) is 2. The molecule has 0 radical (unpaired) electrons. The molecule has 0 amide bonds. The Bertz CT molecular complexity index is 507. The number of unbranched alkanes of at least 4 members (excludes halogenated alkanes) is 1. The van der Waals surface area contributed by atoms with Crippen LogP contribution >= 0.6 is 0 Å². The zero-order valence-corrected chi connectivity index (χ0v) is 18.6. The van der Waals surface area contributed by atoms with Crippen molar-refractivity contribution in [2.45, 2.75) is 116 Å². The van der Waals surface area contributed by atoms with E-state index in [1.807, 2.05) is 0 Å². The number of esters is 2. The second-order valence-electron chi connectivity index (χ2n) is 9.14. The zero-order valence-electron chi connectivity index (χ0n) is 18.6. The second-order valence-corrected chi connectivity index (χ2v) is 9.14. The van der Waals surface area contributed by atoms with Gasteiger partial charge in [0.15, 0.2) is 0 Å². The summed E-state index contributed by atoms with van der Waals surface area (Å²) < 4.78 is 10.6. The molecule has 2 saturated carbocycles. The van der Waals surface area contributed by atoms with Crippen LogP contribution in [-0.4, -0.2) is 46.6 Å². The van der Waals surface area contributed by atoms with Gasteiger partial charge in [-0.15, -0.1) is 0 Å². The van der Waals surface area contributed by atoms with E-state index in [-0.39, 0.29) is 17.4 Å². The minimum absolute atomic E-state index is 0.0420. The molecular formula is C23H40O6. The molecule has 2 aliphatic carbocycles. The average Bonchev–Trinajstić information content (AvgIpc) is 2.66. The molecule has 0 aromatic heterocycles. The van der Waals surface area contributed by atoms with Crippen LogP contribution in [0.15, 0.2) is 0 Å². The lowest BCUT2D eigenvalue weighted by Crippen LogP contribution is -2.49. The van der Waals surface area contributed by atoms with Crippen LogP contribution in [-0.2, 0) is 19.1 Å². The number of ether oxygens (including phenoxy) is 2. The van der Waals surface area contributed by atoms with E-state index in [1.54, 1.807) is 0 Å². The largest absolute Gasteiger partial charge is 0.460 e. The van der Waals surface area contributed by atoms with Gasteiger partial charge in [0.1, 0.15) is 12.2 Å². The highest BCUT2D eigenvalue weighted by Crippen LogP contribution is 2.54. The molecule has 2 aliphatic rings. The summed E-state index contributed by atoms with van der Waals surface area (Å²) in [5.41, 5.74) is 0.0420. The van der Waals surface area contributed by atoms with Crippen molar-refractivity contribution in [3.8, 4) is 0 Å². The third kappa shape index (κ3) is 5.94. The van der Waals surface area contributed by atoms with Crippen molar-refractivity contribution >= 4 is 11.9 Å². The summed E-state index contributed by atoms with van der Waals surface area (Å²) >= 11 is 0. The first-order valence-corrected chi connectivity index (χ1v) is 11.4. The van der Waals surface area contributed by atoms with Crippen molar-refractivity contribution in [2.75, 3.05) is 0 Å². The Balaban J connectivity index is 2.16. The van der Waals surface area contributed by atoms with Crippen LogP contribution in [0.4, 0.5) is 0 Å². The number of aliphatic hydroxyl groups is 2. The van der Waals surface area contributed by atoms with Gasteiger partial charge in [-0.05, 0) is 68.6 Å². The molecule has 2 rings (SSSR count). The minimum Gasteiger partial charge on any atom is -0.460 e. The monoisotopic (exact) mass is 412 g/mol.